The van der Waals surface area contributed by atoms with Crippen LogP contribution in [0, 0.1) is 0 Å². The van der Waals surface area contributed by atoms with Crippen molar-refractivity contribution in [1.29, 1.82) is 0 Å². The third kappa shape index (κ3) is 6.64. The van der Waals surface area contributed by atoms with E-state index in [9.17, 15) is 14.4 Å². The lowest BCUT2D eigenvalue weighted by atomic mass is 10.2. The Morgan fingerprint density at radius 1 is 1.11 bits per heavy atom. The van der Waals surface area contributed by atoms with E-state index in [0.717, 1.165) is 10.1 Å². The van der Waals surface area contributed by atoms with Crippen LogP contribution in [0.2, 0.25) is 5.02 Å². The second-order valence-corrected chi connectivity index (χ2v) is 8.41. The highest BCUT2D eigenvalue weighted by Gasteiger charge is 2.14. The molecule has 0 saturated heterocycles. The van der Waals surface area contributed by atoms with Gasteiger partial charge in [0.1, 0.15) is 11.5 Å². The molecule has 37 heavy (non-hydrogen) atoms. The van der Waals surface area contributed by atoms with Crippen molar-refractivity contribution in [1.82, 2.24) is 14.1 Å². The summed E-state index contributed by atoms with van der Waals surface area (Å²) in [5.74, 6) is 0.331. The molecule has 4 rings (SSSR count). The van der Waals surface area contributed by atoms with E-state index in [1.54, 1.807) is 61.5 Å². The van der Waals surface area contributed by atoms with E-state index in [-0.39, 0.29) is 24.9 Å². The first kappa shape index (κ1) is 25.7. The lowest BCUT2D eigenvalue weighted by molar-refractivity contribution is -0.139. The molecule has 192 valence electrons. The molecule has 0 spiro atoms. The molecule has 0 aliphatic carbocycles. The Kier molecular flexibility index (Phi) is 8.04. The fourth-order valence-electron chi connectivity index (χ4n) is 3.53. The number of carbonyl (C=O) groups is 1. The van der Waals surface area contributed by atoms with Crippen LogP contribution in [0.5, 0.6) is 5.75 Å². The van der Waals surface area contributed by atoms with Gasteiger partial charge in [-0.05, 0) is 48.9 Å². The summed E-state index contributed by atoms with van der Waals surface area (Å²) in [4.78, 5) is 44.3. The molecule has 11 nitrogen and oxygen atoms in total. The Balaban J connectivity index is 1.52. The normalized spacial score (nSPS) is 12.9. The second-order valence-electron chi connectivity index (χ2n) is 7.97. The van der Waals surface area contributed by atoms with Gasteiger partial charge in [-0.1, -0.05) is 23.7 Å². The lowest BCUT2D eigenvalue weighted by Gasteiger charge is -2.16. The number of nitrogens with one attached hydrogen (secondary N) is 1. The maximum absolute atomic E-state index is 13.0. The number of anilines is 2. The zero-order chi connectivity index (χ0) is 26.4. The molecule has 0 unspecified atom stereocenters. The lowest BCUT2D eigenvalue weighted by Crippen LogP contribution is -2.42. The molecule has 0 atom stereocenters. The predicted octanol–water partition coefficient (Wildman–Crippen LogP) is 3.04. The van der Waals surface area contributed by atoms with Crippen molar-refractivity contribution in [3.63, 3.8) is 0 Å². The van der Waals surface area contributed by atoms with Gasteiger partial charge in [-0.2, -0.15) is 4.98 Å². The monoisotopic (exact) mass is 525 g/mol. The quantitative estimate of drug-likeness (QED) is 0.435. The number of nitrogens with zero attached hydrogens (tertiary/aromatic N) is 4. The van der Waals surface area contributed by atoms with Crippen molar-refractivity contribution < 1.29 is 19.4 Å². The zero-order valence-corrected chi connectivity index (χ0v) is 20.6. The highest BCUT2D eigenvalue weighted by molar-refractivity contribution is 6.30. The molecule has 2 aromatic carbocycles. The van der Waals surface area contributed by atoms with Gasteiger partial charge < -0.3 is 19.9 Å². The van der Waals surface area contributed by atoms with E-state index in [0.29, 0.717) is 35.2 Å². The van der Waals surface area contributed by atoms with Crippen molar-refractivity contribution >= 4 is 35.1 Å². The van der Waals surface area contributed by atoms with Crippen LogP contribution < -0.4 is 21.4 Å². The Hall–Kier alpha value is -4.38. The second kappa shape index (κ2) is 11.6. The number of ether oxygens (including phenoxy) is 2. The van der Waals surface area contributed by atoms with Crippen LogP contribution in [-0.2, 0) is 22.6 Å². The molecule has 12 heteroatoms. The number of hydrogen-bond acceptors (Lipinski definition) is 8. The van der Waals surface area contributed by atoms with Gasteiger partial charge in [0.2, 0.25) is 11.8 Å². The topological polar surface area (TPSA) is 137 Å². The van der Waals surface area contributed by atoms with E-state index < -0.39 is 24.0 Å². The first-order valence-corrected chi connectivity index (χ1v) is 11.8. The van der Waals surface area contributed by atoms with Crippen molar-refractivity contribution in [2.75, 3.05) is 18.5 Å². The predicted molar refractivity (Wildman–Crippen MR) is 138 cm³/mol. The fraction of sp³-hybridized carbons (Fsp3) is 0.240. The molecule has 0 radical (unpaired) electrons. The zero-order valence-electron chi connectivity index (χ0n) is 19.9. The van der Waals surface area contributed by atoms with Crippen molar-refractivity contribution in [3.8, 4) is 5.75 Å². The number of carboxylic acids is 1. The molecule has 1 aliphatic rings. The van der Waals surface area contributed by atoms with E-state index in [1.807, 2.05) is 0 Å². The van der Waals surface area contributed by atoms with Gasteiger partial charge in [-0.25, -0.2) is 19.0 Å². The molecular weight excluding hydrogens is 502 g/mol. The van der Waals surface area contributed by atoms with Crippen LogP contribution in [0.1, 0.15) is 18.9 Å². The number of rotatable bonds is 9. The van der Waals surface area contributed by atoms with E-state index >= 15 is 0 Å². The molecule has 0 amide bonds. The third-order valence-corrected chi connectivity index (χ3v) is 5.59. The van der Waals surface area contributed by atoms with Gasteiger partial charge in [0.15, 0.2) is 6.61 Å². The summed E-state index contributed by atoms with van der Waals surface area (Å²) in [7, 11) is 0. The van der Waals surface area contributed by atoms with Gasteiger partial charge >= 0.3 is 17.3 Å². The van der Waals surface area contributed by atoms with Crippen LogP contribution in [0.15, 0.2) is 74.9 Å². The Bertz CT molecular complexity index is 1460. The van der Waals surface area contributed by atoms with E-state index in [4.69, 9.17) is 26.2 Å². The van der Waals surface area contributed by atoms with Gasteiger partial charge in [0, 0.05) is 36.3 Å². The minimum atomic E-state index is -1.09. The first-order chi connectivity index (χ1) is 17.8. The van der Waals surface area contributed by atoms with Gasteiger partial charge in [0.05, 0.1) is 6.54 Å². The minimum Gasteiger partial charge on any atom is -0.479 e. The van der Waals surface area contributed by atoms with Crippen molar-refractivity contribution in [2.45, 2.75) is 26.4 Å². The SMILES string of the molecule is CCn1c(=O)nc(Nc2ccc(OC3=CC(OCC(=O)O)=NCC3)cc2)n(Cc2ccc(Cl)cc2)c1=O. The molecule has 2 N–H and O–H groups in total. The van der Waals surface area contributed by atoms with Crippen LogP contribution in [0.25, 0.3) is 0 Å². The number of carboxylic acid groups (broad SMARTS) is 1. The molecule has 0 fully saturated rings. The highest BCUT2D eigenvalue weighted by atomic mass is 35.5. The fourth-order valence-corrected chi connectivity index (χ4v) is 3.66. The molecular formula is C25H24ClN5O6. The molecule has 0 saturated carbocycles. The number of aliphatic carboxylic acids is 1. The smallest absolute Gasteiger partial charge is 0.354 e. The summed E-state index contributed by atoms with van der Waals surface area (Å²) >= 11 is 5.97. The average Bonchev–Trinajstić information content (AvgIpc) is 2.88. The third-order valence-electron chi connectivity index (χ3n) is 5.33. The Morgan fingerprint density at radius 3 is 2.51 bits per heavy atom. The van der Waals surface area contributed by atoms with Gasteiger partial charge in [-0.3, -0.25) is 9.56 Å². The standard InChI is InChI=1S/C25H24ClN5O6/c1-2-30-24(34)29-23(31(25(30)35)14-16-3-5-17(26)6-4-16)28-18-7-9-19(10-8-18)37-20-11-12-27-21(13-20)36-15-22(32)33/h3-10,13H,2,11-12,14-15H2,1H3,(H,32,33)(H,28,29,34). The molecule has 1 aliphatic heterocycles. The van der Waals surface area contributed by atoms with E-state index in [2.05, 4.69) is 15.3 Å². The molecule has 2 heterocycles. The van der Waals surface area contributed by atoms with Crippen LogP contribution >= 0.6 is 11.6 Å². The van der Waals surface area contributed by atoms with Crippen LogP contribution in [-0.4, -0.2) is 44.2 Å². The highest BCUT2D eigenvalue weighted by Crippen LogP contribution is 2.22. The number of halogens is 1. The maximum atomic E-state index is 13.0. The summed E-state index contributed by atoms with van der Waals surface area (Å²) in [6.07, 6.45) is 2.09. The summed E-state index contributed by atoms with van der Waals surface area (Å²) in [6.45, 7) is 2.03. The first-order valence-electron chi connectivity index (χ1n) is 11.4. The number of aliphatic imine (C=N–C) groups is 1. The largest absolute Gasteiger partial charge is 0.479 e. The number of aromatic nitrogens is 3. The van der Waals surface area contributed by atoms with Crippen molar-refractivity contribution in [3.05, 3.63) is 91.9 Å². The average molecular weight is 526 g/mol. The summed E-state index contributed by atoms with van der Waals surface area (Å²) in [5.41, 5.74) is 0.278. The minimum absolute atomic E-state index is 0.106. The Morgan fingerprint density at radius 2 is 1.84 bits per heavy atom. The van der Waals surface area contributed by atoms with Crippen LogP contribution in [0.3, 0.4) is 0 Å². The molecule has 1 aromatic heterocycles. The summed E-state index contributed by atoms with van der Waals surface area (Å²) < 4.78 is 13.4. The van der Waals surface area contributed by atoms with E-state index in [1.165, 1.54) is 4.57 Å². The Labute approximate surface area is 216 Å². The number of benzene rings is 2. The molecule has 3 aromatic rings. The van der Waals surface area contributed by atoms with Crippen molar-refractivity contribution in [2.24, 2.45) is 4.99 Å². The van der Waals surface area contributed by atoms with Gasteiger partial charge in [0.25, 0.3) is 0 Å². The molecule has 0 bridgehead atoms. The number of hydrogen-bond donors (Lipinski definition) is 2. The number of dihydropyridines is 1. The van der Waals surface area contributed by atoms with Gasteiger partial charge in [-0.15, -0.1) is 0 Å². The summed E-state index contributed by atoms with van der Waals surface area (Å²) in [6, 6.07) is 13.9. The van der Waals surface area contributed by atoms with Crippen LogP contribution in [0.4, 0.5) is 11.6 Å². The maximum Gasteiger partial charge on any atom is 0.354 e. The summed E-state index contributed by atoms with van der Waals surface area (Å²) in [5, 5.41) is 12.4.